The zero-order valence-corrected chi connectivity index (χ0v) is 11.8. The predicted molar refractivity (Wildman–Crippen MR) is 78.3 cm³/mol. The molecule has 2 saturated heterocycles. The van der Waals surface area contributed by atoms with Gasteiger partial charge < -0.3 is 14.9 Å². The number of anilines is 1. The number of likely N-dealkylation sites (tertiary alicyclic amines) is 1. The van der Waals surface area contributed by atoms with Gasteiger partial charge in [0.05, 0.1) is 6.61 Å². The molecule has 2 heterocycles. The van der Waals surface area contributed by atoms with Crippen LogP contribution < -0.4 is 4.90 Å². The summed E-state index contributed by atoms with van der Waals surface area (Å²) in [4.78, 5) is 5.02. The summed E-state index contributed by atoms with van der Waals surface area (Å²) in [5.74, 6) is 0.791. The number of nitrogens with zero attached hydrogens (tertiary/aromatic N) is 2. The molecule has 0 aromatic heterocycles. The third-order valence-corrected chi connectivity index (χ3v) is 4.85. The Morgan fingerprint density at radius 1 is 1.21 bits per heavy atom. The van der Waals surface area contributed by atoms with Crippen LogP contribution in [0.1, 0.15) is 24.8 Å². The normalized spacial score (nSPS) is 28.2. The molecule has 1 aromatic rings. The van der Waals surface area contributed by atoms with Crippen molar-refractivity contribution in [1.82, 2.24) is 4.90 Å². The highest BCUT2D eigenvalue weighted by atomic mass is 16.3. The van der Waals surface area contributed by atoms with Crippen LogP contribution in [-0.2, 0) is 6.61 Å². The van der Waals surface area contributed by atoms with Crippen molar-refractivity contribution in [2.75, 3.05) is 31.6 Å². The lowest BCUT2D eigenvalue weighted by Gasteiger charge is -2.47. The SMILES string of the molecule is CN1CCCC2CN(c3ccccc3CO)CCC21. The van der Waals surface area contributed by atoms with Gasteiger partial charge in [-0.3, -0.25) is 0 Å². The van der Waals surface area contributed by atoms with E-state index in [1.807, 2.05) is 12.1 Å². The minimum absolute atomic E-state index is 0.140. The molecular weight excluding hydrogens is 236 g/mol. The van der Waals surface area contributed by atoms with E-state index >= 15 is 0 Å². The summed E-state index contributed by atoms with van der Waals surface area (Å²) in [6.45, 7) is 3.66. The van der Waals surface area contributed by atoms with Crippen molar-refractivity contribution in [2.45, 2.75) is 31.9 Å². The molecule has 2 aliphatic heterocycles. The summed E-state index contributed by atoms with van der Waals surface area (Å²) in [6.07, 6.45) is 3.93. The molecular formula is C16H24N2O. The molecule has 2 fully saturated rings. The summed E-state index contributed by atoms with van der Waals surface area (Å²) in [6, 6.07) is 9.04. The van der Waals surface area contributed by atoms with Crippen LogP contribution in [0.25, 0.3) is 0 Å². The average Bonchev–Trinajstić information content (AvgIpc) is 2.47. The molecule has 3 nitrogen and oxygen atoms in total. The molecule has 0 amide bonds. The zero-order valence-electron chi connectivity index (χ0n) is 11.8. The zero-order chi connectivity index (χ0) is 13.2. The van der Waals surface area contributed by atoms with Gasteiger partial charge in [-0.1, -0.05) is 18.2 Å². The van der Waals surface area contributed by atoms with Gasteiger partial charge in [-0.2, -0.15) is 0 Å². The van der Waals surface area contributed by atoms with Crippen LogP contribution in [0.4, 0.5) is 5.69 Å². The lowest BCUT2D eigenvalue weighted by atomic mass is 9.84. The van der Waals surface area contributed by atoms with Crippen molar-refractivity contribution < 1.29 is 5.11 Å². The summed E-state index contributed by atoms with van der Waals surface area (Å²) in [7, 11) is 2.27. The number of hydrogen-bond acceptors (Lipinski definition) is 3. The van der Waals surface area contributed by atoms with E-state index < -0.39 is 0 Å². The van der Waals surface area contributed by atoms with Crippen molar-refractivity contribution in [3.05, 3.63) is 29.8 Å². The topological polar surface area (TPSA) is 26.7 Å². The van der Waals surface area contributed by atoms with Crippen LogP contribution in [0.2, 0.25) is 0 Å². The van der Waals surface area contributed by atoms with Gasteiger partial charge in [0.2, 0.25) is 0 Å². The number of aliphatic hydroxyl groups is 1. The first-order chi connectivity index (χ1) is 9.29. The molecule has 104 valence electrons. The Morgan fingerprint density at radius 2 is 2.05 bits per heavy atom. The number of benzene rings is 1. The summed E-state index contributed by atoms with van der Waals surface area (Å²) in [5, 5.41) is 9.49. The highest BCUT2D eigenvalue weighted by Gasteiger charge is 2.34. The summed E-state index contributed by atoms with van der Waals surface area (Å²) in [5.41, 5.74) is 2.29. The summed E-state index contributed by atoms with van der Waals surface area (Å²) >= 11 is 0. The Morgan fingerprint density at radius 3 is 2.89 bits per heavy atom. The van der Waals surface area contributed by atoms with E-state index in [0.717, 1.165) is 30.6 Å². The Hall–Kier alpha value is -1.06. The van der Waals surface area contributed by atoms with Gasteiger partial charge in [-0.15, -0.1) is 0 Å². The first-order valence-corrected chi connectivity index (χ1v) is 7.43. The molecule has 0 bridgehead atoms. The van der Waals surface area contributed by atoms with Crippen LogP contribution in [-0.4, -0.2) is 42.7 Å². The predicted octanol–water partition coefficient (Wildman–Crippen LogP) is 2.10. The van der Waals surface area contributed by atoms with Gasteiger partial charge in [0.1, 0.15) is 0 Å². The number of fused-ring (bicyclic) bond motifs is 1. The molecule has 0 radical (unpaired) electrons. The number of para-hydroxylation sites is 1. The Balaban J connectivity index is 1.77. The van der Waals surface area contributed by atoms with Gasteiger partial charge >= 0.3 is 0 Å². The van der Waals surface area contributed by atoms with Crippen molar-refractivity contribution in [3.8, 4) is 0 Å². The number of aliphatic hydroxyl groups excluding tert-OH is 1. The number of hydrogen-bond donors (Lipinski definition) is 1. The molecule has 1 aromatic carbocycles. The average molecular weight is 260 g/mol. The van der Waals surface area contributed by atoms with E-state index in [0.29, 0.717) is 0 Å². The fourth-order valence-corrected chi connectivity index (χ4v) is 3.82. The highest BCUT2D eigenvalue weighted by Crippen LogP contribution is 2.33. The molecule has 1 N–H and O–H groups in total. The molecule has 2 atom stereocenters. The Labute approximate surface area is 115 Å². The molecule has 2 aliphatic rings. The molecule has 0 saturated carbocycles. The van der Waals surface area contributed by atoms with Crippen LogP contribution in [0.3, 0.4) is 0 Å². The lowest BCUT2D eigenvalue weighted by Crippen LogP contribution is -2.52. The lowest BCUT2D eigenvalue weighted by molar-refractivity contribution is 0.102. The van der Waals surface area contributed by atoms with Crippen molar-refractivity contribution in [2.24, 2.45) is 5.92 Å². The van der Waals surface area contributed by atoms with Crippen molar-refractivity contribution in [3.63, 3.8) is 0 Å². The quantitative estimate of drug-likeness (QED) is 0.882. The summed E-state index contributed by atoms with van der Waals surface area (Å²) < 4.78 is 0. The van der Waals surface area contributed by atoms with Gasteiger partial charge in [0.25, 0.3) is 0 Å². The van der Waals surface area contributed by atoms with E-state index in [1.165, 1.54) is 31.5 Å². The van der Waals surface area contributed by atoms with Crippen LogP contribution in [0.15, 0.2) is 24.3 Å². The maximum absolute atomic E-state index is 9.49. The Kier molecular flexibility index (Phi) is 3.76. The minimum Gasteiger partial charge on any atom is -0.392 e. The second-order valence-electron chi connectivity index (χ2n) is 5.97. The molecule has 0 aliphatic carbocycles. The van der Waals surface area contributed by atoms with E-state index in [4.69, 9.17) is 0 Å². The van der Waals surface area contributed by atoms with E-state index in [1.54, 1.807) is 0 Å². The second kappa shape index (κ2) is 5.51. The van der Waals surface area contributed by atoms with Crippen LogP contribution >= 0.6 is 0 Å². The first-order valence-electron chi connectivity index (χ1n) is 7.43. The Bertz CT molecular complexity index is 435. The fourth-order valence-electron chi connectivity index (χ4n) is 3.82. The van der Waals surface area contributed by atoms with Gasteiger partial charge in [-0.25, -0.2) is 0 Å². The number of piperidine rings is 2. The van der Waals surface area contributed by atoms with E-state index in [9.17, 15) is 5.11 Å². The minimum atomic E-state index is 0.140. The maximum atomic E-state index is 9.49. The van der Waals surface area contributed by atoms with E-state index in [-0.39, 0.29) is 6.61 Å². The molecule has 2 unspecified atom stereocenters. The fraction of sp³-hybridized carbons (Fsp3) is 0.625. The third-order valence-electron chi connectivity index (χ3n) is 4.85. The monoisotopic (exact) mass is 260 g/mol. The first kappa shape index (κ1) is 12.9. The van der Waals surface area contributed by atoms with Crippen LogP contribution in [0, 0.1) is 5.92 Å². The van der Waals surface area contributed by atoms with Crippen LogP contribution in [0.5, 0.6) is 0 Å². The largest absolute Gasteiger partial charge is 0.392 e. The van der Waals surface area contributed by atoms with Crippen molar-refractivity contribution in [1.29, 1.82) is 0 Å². The third kappa shape index (κ3) is 2.49. The second-order valence-corrected chi connectivity index (χ2v) is 5.97. The molecule has 19 heavy (non-hydrogen) atoms. The standard InChI is InChI=1S/C16H24N2O/c1-17-9-4-6-13-11-18(10-8-15(13)17)16-7-3-2-5-14(16)12-19/h2-3,5,7,13,15,19H,4,6,8-12H2,1H3. The molecule has 0 spiro atoms. The maximum Gasteiger partial charge on any atom is 0.0702 e. The molecule has 3 heteroatoms. The smallest absolute Gasteiger partial charge is 0.0702 e. The van der Waals surface area contributed by atoms with Gasteiger partial charge in [0, 0.05) is 30.4 Å². The highest BCUT2D eigenvalue weighted by molar-refractivity contribution is 5.53. The van der Waals surface area contributed by atoms with Crippen molar-refractivity contribution >= 4 is 5.69 Å². The van der Waals surface area contributed by atoms with E-state index in [2.05, 4.69) is 29.0 Å². The van der Waals surface area contributed by atoms with Gasteiger partial charge in [-0.05, 0) is 44.8 Å². The molecule has 3 rings (SSSR count). The number of rotatable bonds is 2. The van der Waals surface area contributed by atoms with Gasteiger partial charge in [0.15, 0.2) is 0 Å².